The number of para-hydroxylation sites is 2. The zero-order valence-electron chi connectivity index (χ0n) is 16.2. The smallest absolute Gasteiger partial charge is 0.174 e. The number of benzene rings is 1. The van der Waals surface area contributed by atoms with Crippen molar-refractivity contribution in [3.05, 3.63) is 78.4 Å². The first-order valence-corrected chi connectivity index (χ1v) is 9.74. The van der Waals surface area contributed by atoms with Gasteiger partial charge >= 0.3 is 0 Å². The summed E-state index contributed by atoms with van der Waals surface area (Å²) in [5, 5.41) is 14.5. The Kier molecular flexibility index (Phi) is 4.59. The number of pyridine rings is 1. The zero-order chi connectivity index (χ0) is 19.9. The molecule has 28 heavy (non-hydrogen) atoms. The summed E-state index contributed by atoms with van der Waals surface area (Å²) in [6, 6.07) is 15.0. The lowest BCUT2D eigenvalue weighted by Crippen LogP contribution is -2.29. The van der Waals surface area contributed by atoms with Crippen molar-refractivity contribution in [3.8, 4) is 5.75 Å². The van der Waals surface area contributed by atoms with Gasteiger partial charge in [0.15, 0.2) is 5.11 Å². The van der Waals surface area contributed by atoms with Gasteiger partial charge in [0.05, 0.1) is 23.5 Å². The second kappa shape index (κ2) is 6.95. The maximum Gasteiger partial charge on any atom is 0.174 e. The van der Waals surface area contributed by atoms with Crippen LogP contribution in [-0.2, 0) is 5.54 Å². The molecule has 0 radical (unpaired) electrons. The van der Waals surface area contributed by atoms with Crippen LogP contribution in [0.25, 0.3) is 0 Å². The number of phenols is 1. The Labute approximate surface area is 170 Å². The quantitative estimate of drug-likeness (QED) is 0.642. The average Bonchev–Trinajstić information content (AvgIpc) is 3.27. The van der Waals surface area contributed by atoms with Gasteiger partial charge in [0.25, 0.3) is 0 Å². The fourth-order valence-electron chi connectivity index (χ4n) is 3.63. The lowest BCUT2D eigenvalue weighted by molar-refractivity contribution is 0.397. The molecule has 6 heteroatoms. The van der Waals surface area contributed by atoms with E-state index in [4.69, 9.17) is 12.2 Å². The summed E-state index contributed by atoms with van der Waals surface area (Å²) in [5.74, 6) is 0.202. The van der Waals surface area contributed by atoms with E-state index < -0.39 is 0 Å². The van der Waals surface area contributed by atoms with Crippen molar-refractivity contribution in [2.45, 2.75) is 38.4 Å². The largest absolute Gasteiger partial charge is 0.506 e. The Morgan fingerprint density at radius 1 is 1.07 bits per heavy atom. The molecule has 1 saturated heterocycles. The molecule has 2 aromatic heterocycles. The lowest BCUT2D eigenvalue weighted by atomic mass is 9.98. The molecule has 1 aliphatic heterocycles. The third-order valence-electron chi connectivity index (χ3n) is 5.07. The van der Waals surface area contributed by atoms with Crippen LogP contribution in [0.1, 0.15) is 44.1 Å². The number of aromatic hydroxyl groups is 1. The Hall–Kier alpha value is -2.86. The van der Waals surface area contributed by atoms with Gasteiger partial charge in [-0.25, -0.2) is 0 Å². The average molecular weight is 393 g/mol. The van der Waals surface area contributed by atoms with Crippen molar-refractivity contribution in [3.63, 3.8) is 0 Å². The number of hydrogen-bond acceptors (Lipinski definition) is 3. The summed E-state index contributed by atoms with van der Waals surface area (Å²) in [5.41, 5.74) is 2.69. The van der Waals surface area contributed by atoms with Gasteiger partial charge in [0.2, 0.25) is 0 Å². The molecule has 3 aromatic rings. The normalized spacial score (nSPS) is 19.7. The number of rotatable bonds is 3. The SMILES string of the molecule is CC(C)(C)n1ccc([C@@H]2[C@@H](c3ccccn3)NC(=S)N2c2ccccc2O)c1. The first-order valence-electron chi connectivity index (χ1n) is 9.33. The molecule has 0 aliphatic carbocycles. The molecule has 1 fully saturated rings. The molecule has 5 nitrogen and oxygen atoms in total. The highest BCUT2D eigenvalue weighted by Crippen LogP contribution is 2.44. The van der Waals surface area contributed by atoms with Gasteiger partial charge in [-0.1, -0.05) is 18.2 Å². The maximum absolute atomic E-state index is 10.5. The van der Waals surface area contributed by atoms with Crippen molar-refractivity contribution in [1.82, 2.24) is 14.9 Å². The van der Waals surface area contributed by atoms with Gasteiger partial charge < -0.3 is 19.9 Å². The molecule has 4 rings (SSSR count). The molecule has 0 bridgehead atoms. The summed E-state index contributed by atoms with van der Waals surface area (Å²) in [6.45, 7) is 6.52. The highest BCUT2D eigenvalue weighted by Gasteiger charge is 2.42. The number of phenolic OH excluding ortho intramolecular Hbond substituents is 1. The fraction of sp³-hybridized carbons (Fsp3) is 0.273. The molecule has 0 unspecified atom stereocenters. The summed E-state index contributed by atoms with van der Waals surface area (Å²) >= 11 is 5.69. The van der Waals surface area contributed by atoms with Crippen LogP contribution in [-0.4, -0.2) is 19.8 Å². The van der Waals surface area contributed by atoms with E-state index in [-0.39, 0.29) is 23.4 Å². The molecule has 0 saturated carbocycles. The van der Waals surface area contributed by atoms with Crippen molar-refractivity contribution in [2.75, 3.05) is 4.90 Å². The third-order valence-corrected chi connectivity index (χ3v) is 5.39. The molecule has 2 atom stereocenters. The molecule has 0 amide bonds. The standard InChI is InChI=1S/C22H24N4OS/c1-22(2,3)25-13-11-15(14-25)20-19(16-8-6-7-12-23-16)24-21(28)26(20)17-9-4-5-10-18(17)27/h4-14,19-20,27H,1-3H3,(H,24,28)/t19-,20-/m1/s1. The highest BCUT2D eigenvalue weighted by molar-refractivity contribution is 7.80. The summed E-state index contributed by atoms with van der Waals surface area (Å²) in [7, 11) is 0. The second-order valence-corrected chi connectivity index (χ2v) is 8.39. The van der Waals surface area contributed by atoms with Crippen molar-refractivity contribution >= 4 is 23.0 Å². The van der Waals surface area contributed by atoms with E-state index in [0.717, 1.165) is 11.3 Å². The molecule has 144 valence electrons. The number of thiocarbonyl (C=S) groups is 1. The van der Waals surface area contributed by atoms with Crippen LogP contribution < -0.4 is 10.2 Å². The van der Waals surface area contributed by atoms with Crippen molar-refractivity contribution in [1.29, 1.82) is 0 Å². The van der Waals surface area contributed by atoms with E-state index >= 15 is 0 Å². The predicted molar refractivity (Wildman–Crippen MR) is 115 cm³/mol. The number of hydrogen-bond donors (Lipinski definition) is 2. The molecule has 0 spiro atoms. The van der Waals surface area contributed by atoms with E-state index in [1.807, 2.05) is 41.3 Å². The fourth-order valence-corrected chi connectivity index (χ4v) is 3.97. The zero-order valence-corrected chi connectivity index (χ0v) is 17.0. The van der Waals surface area contributed by atoms with Crippen LogP contribution >= 0.6 is 12.2 Å². The molecular weight excluding hydrogens is 368 g/mol. The summed E-state index contributed by atoms with van der Waals surface area (Å²) < 4.78 is 2.20. The van der Waals surface area contributed by atoms with Gasteiger partial charge in [0.1, 0.15) is 5.75 Å². The summed E-state index contributed by atoms with van der Waals surface area (Å²) in [6.07, 6.45) is 6.04. The van der Waals surface area contributed by atoms with Crippen LogP contribution in [0.15, 0.2) is 67.1 Å². The van der Waals surface area contributed by atoms with Gasteiger partial charge in [0, 0.05) is 24.1 Å². The molecule has 1 aliphatic rings. The minimum Gasteiger partial charge on any atom is -0.506 e. The minimum atomic E-state index is -0.126. The maximum atomic E-state index is 10.5. The van der Waals surface area contributed by atoms with Crippen molar-refractivity contribution < 1.29 is 5.11 Å². The van der Waals surface area contributed by atoms with Gasteiger partial charge in [-0.05, 0) is 68.9 Å². The van der Waals surface area contributed by atoms with Gasteiger partial charge in [-0.3, -0.25) is 4.98 Å². The van der Waals surface area contributed by atoms with Crippen LogP contribution in [0.2, 0.25) is 0 Å². The topological polar surface area (TPSA) is 53.3 Å². The first-order chi connectivity index (χ1) is 13.4. The van der Waals surface area contributed by atoms with Crippen LogP contribution in [0.5, 0.6) is 5.75 Å². The minimum absolute atomic E-state index is 0.0228. The van der Waals surface area contributed by atoms with Gasteiger partial charge in [-0.2, -0.15) is 0 Å². The van der Waals surface area contributed by atoms with Crippen LogP contribution in [0.3, 0.4) is 0 Å². The van der Waals surface area contributed by atoms with E-state index in [9.17, 15) is 5.11 Å². The second-order valence-electron chi connectivity index (χ2n) is 8.01. The van der Waals surface area contributed by atoms with E-state index in [0.29, 0.717) is 10.8 Å². The summed E-state index contributed by atoms with van der Waals surface area (Å²) in [4.78, 5) is 6.55. The lowest BCUT2D eigenvalue weighted by Gasteiger charge is -2.28. The number of nitrogens with one attached hydrogen (secondary N) is 1. The van der Waals surface area contributed by atoms with Crippen LogP contribution in [0.4, 0.5) is 5.69 Å². The highest BCUT2D eigenvalue weighted by atomic mass is 32.1. The number of nitrogens with zero attached hydrogens (tertiary/aromatic N) is 3. The monoisotopic (exact) mass is 392 g/mol. The Morgan fingerprint density at radius 2 is 1.82 bits per heavy atom. The van der Waals surface area contributed by atoms with Crippen molar-refractivity contribution in [2.24, 2.45) is 0 Å². The number of anilines is 1. The molecule has 2 N–H and O–H groups in total. The Bertz CT molecular complexity index is 993. The third kappa shape index (κ3) is 3.24. The Balaban J connectivity index is 1.84. The predicted octanol–water partition coefficient (Wildman–Crippen LogP) is 4.52. The van der Waals surface area contributed by atoms with E-state index in [1.54, 1.807) is 12.3 Å². The molecule has 1 aromatic carbocycles. The number of aromatic nitrogens is 2. The van der Waals surface area contributed by atoms with Crippen LogP contribution in [0, 0.1) is 0 Å². The van der Waals surface area contributed by atoms with Gasteiger partial charge in [-0.15, -0.1) is 0 Å². The Morgan fingerprint density at radius 3 is 2.46 bits per heavy atom. The molecule has 3 heterocycles. The molecular formula is C22H24N4OS. The van der Waals surface area contributed by atoms with E-state index in [2.05, 4.69) is 54.1 Å². The van der Waals surface area contributed by atoms with E-state index in [1.165, 1.54) is 0 Å². The first kappa shape index (κ1) is 18.5.